The Hall–Kier alpha value is -1.24. The number of hydrogen-bond acceptors (Lipinski definition) is 4. The van der Waals surface area contributed by atoms with Gasteiger partial charge in [0.05, 0.1) is 35.5 Å². The number of morpholine rings is 1. The molecule has 1 aromatic heterocycles. The van der Waals surface area contributed by atoms with Crippen LogP contribution in [-0.2, 0) is 9.53 Å². The maximum Gasteiger partial charge on any atom is 0.233 e. The van der Waals surface area contributed by atoms with E-state index in [4.69, 9.17) is 16.3 Å². The van der Waals surface area contributed by atoms with Gasteiger partial charge < -0.3 is 14.6 Å². The van der Waals surface area contributed by atoms with Gasteiger partial charge in [0.2, 0.25) is 5.91 Å². The zero-order valence-corrected chi connectivity index (χ0v) is 14.9. The summed E-state index contributed by atoms with van der Waals surface area (Å²) in [6, 6.07) is 5.82. The number of rotatable bonds is 3. The van der Waals surface area contributed by atoms with Crippen LogP contribution in [0.4, 0.5) is 0 Å². The molecule has 1 aromatic carbocycles. The average Bonchev–Trinajstić information content (AvgIpc) is 3.01. The van der Waals surface area contributed by atoms with E-state index in [-0.39, 0.29) is 18.1 Å². The van der Waals surface area contributed by atoms with Crippen molar-refractivity contribution in [3.63, 3.8) is 0 Å². The van der Waals surface area contributed by atoms with E-state index in [1.807, 2.05) is 23.1 Å². The van der Waals surface area contributed by atoms with Crippen LogP contribution in [-0.4, -0.2) is 51.8 Å². The predicted octanol–water partition coefficient (Wildman–Crippen LogP) is 3.48. The molecule has 2 fully saturated rings. The molecule has 2 aromatic rings. The summed E-state index contributed by atoms with van der Waals surface area (Å²) in [4.78, 5) is 22.4. The van der Waals surface area contributed by atoms with Crippen molar-refractivity contribution >= 4 is 40.3 Å². The van der Waals surface area contributed by atoms with E-state index < -0.39 is 0 Å². The van der Waals surface area contributed by atoms with Crippen molar-refractivity contribution in [1.29, 1.82) is 0 Å². The van der Waals surface area contributed by atoms with Crippen molar-refractivity contribution < 1.29 is 9.53 Å². The van der Waals surface area contributed by atoms with Gasteiger partial charge in [0.1, 0.15) is 0 Å². The van der Waals surface area contributed by atoms with E-state index in [1.165, 1.54) is 24.6 Å². The number of benzene rings is 1. The minimum absolute atomic E-state index is 0.179. The smallest absolute Gasteiger partial charge is 0.233 e. The van der Waals surface area contributed by atoms with E-state index in [9.17, 15) is 4.79 Å². The number of thioether (sulfide) groups is 1. The summed E-state index contributed by atoms with van der Waals surface area (Å²) in [7, 11) is 0. The third-order valence-electron chi connectivity index (χ3n) is 4.81. The molecule has 1 N–H and O–H groups in total. The van der Waals surface area contributed by atoms with Crippen molar-refractivity contribution in [3.8, 4) is 0 Å². The average molecular weight is 366 g/mol. The predicted molar refractivity (Wildman–Crippen MR) is 95.5 cm³/mol. The van der Waals surface area contributed by atoms with Crippen LogP contribution in [0.2, 0.25) is 5.02 Å². The maximum atomic E-state index is 12.7. The summed E-state index contributed by atoms with van der Waals surface area (Å²) < 4.78 is 5.84. The SMILES string of the molecule is O=C(CSc1nc2ccc(Cl)cc2[nH]1)N1CCOC2CCCCC21. The molecule has 0 bridgehead atoms. The number of nitrogens with one attached hydrogen (secondary N) is 1. The second kappa shape index (κ2) is 6.94. The van der Waals surface area contributed by atoms with Gasteiger partial charge in [-0.25, -0.2) is 4.98 Å². The van der Waals surface area contributed by atoms with Crippen LogP contribution in [0, 0.1) is 0 Å². The molecule has 1 aliphatic carbocycles. The number of fused-ring (bicyclic) bond motifs is 2. The van der Waals surface area contributed by atoms with E-state index >= 15 is 0 Å². The second-order valence-electron chi connectivity index (χ2n) is 6.34. The summed E-state index contributed by atoms with van der Waals surface area (Å²) in [6.45, 7) is 1.36. The highest BCUT2D eigenvalue weighted by Crippen LogP contribution is 2.29. The highest BCUT2D eigenvalue weighted by Gasteiger charge is 2.36. The molecule has 2 atom stereocenters. The Labute approximate surface area is 150 Å². The number of ether oxygens (including phenoxy) is 1. The number of H-pyrrole nitrogens is 1. The summed E-state index contributed by atoms with van der Waals surface area (Å²) >= 11 is 7.45. The lowest BCUT2D eigenvalue weighted by Crippen LogP contribution is -2.55. The molecule has 1 aliphatic heterocycles. The first-order valence-corrected chi connectivity index (χ1v) is 9.76. The molecule has 24 heavy (non-hydrogen) atoms. The molecule has 5 nitrogen and oxygen atoms in total. The number of imidazole rings is 1. The first kappa shape index (κ1) is 16.2. The van der Waals surface area contributed by atoms with Crippen LogP contribution in [0.25, 0.3) is 11.0 Å². The molecule has 7 heteroatoms. The third-order valence-corrected chi connectivity index (χ3v) is 5.90. The quantitative estimate of drug-likeness (QED) is 0.846. The molecule has 1 saturated heterocycles. The molecule has 0 radical (unpaired) electrons. The zero-order chi connectivity index (χ0) is 16.5. The highest BCUT2D eigenvalue weighted by molar-refractivity contribution is 7.99. The van der Waals surface area contributed by atoms with Gasteiger partial charge >= 0.3 is 0 Å². The van der Waals surface area contributed by atoms with Crippen molar-refractivity contribution in [1.82, 2.24) is 14.9 Å². The van der Waals surface area contributed by atoms with Gasteiger partial charge in [-0.3, -0.25) is 4.79 Å². The van der Waals surface area contributed by atoms with Crippen molar-refractivity contribution in [2.75, 3.05) is 18.9 Å². The van der Waals surface area contributed by atoms with E-state index in [0.29, 0.717) is 23.9 Å². The number of aromatic amines is 1. The fraction of sp³-hybridized carbons (Fsp3) is 0.529. The second-order valence-corrected chi connectivity index (χ2v) is 7.74. The Bertz CT molecular complexity index is 749. The van der Waals surface area contributed by atoms with E-state index in [0.717, 1.165) is 29.0 Å². The molecule has 2 unspecified atom stereocenters. The molecule has 128 valence electrons. The number of hydrogen-bond donors (Lipinski definition) is 1. The molecular formula is C17H20ClN3O2S. The first-order valence-electron chi connectivity index (χ1n) is 8.40. The zero-order valence-electron chi connectivity index (χ0n) is 13.3. The fourth-order valence-electron chi connectivity index (χ4n) is 3.65. The normalized spacial score (nSPS) is 24.1. The Kier molecular flexibility index (Phi) is 4.70. The van der Waals surface area contributed by atoms with E-state index in [2.05, 4.69) is 9.97 Å². The van der Waals surface area contributed by atoms with Crippen molar-refractivity contribution in [2.24, 2.45) is 0 Å². The lowest BCUT2D eigenvalue weighted by molar-refractivity contribution is -0.146. The number of amides is 1. The fourth-order valence-corrected chi connectivity index (χ4v) is 4.59. The van der Waals surface area contributed by atoms with Gasteiger partial charge in [0, 0.05) is 11.6 Å². The first-order chi connectivity index (χ1) is 11.7. The highest BCUT2D eigenvalue weighted by atomic mass is 35.5. The molecule has 1 saturated carbocycles. The molecular weight excluding hydrogens is 346 g/mol. The molecule has 0 spiro atoms. The van der Waals surface area contributed by atoms with Gasteiger partial charge in [-0.05, 0) is 31.0 Å². The van der Waals surface area contributed by atoms with Crippen molar-refractivity contribution in [2.45, 2.75) is 43.0 Å². The van der Waals surface area contributed by atoms with Crippen LogP contribution in [0.15, 0.2) is 23.4 Å². The van der Waals surface area contributed by atoms with Crippen LogP contribution < -0.4 is 0 Å². The largest absolute Gasteiger partial charge is 0.374 e. The Morgan fingerprint density at radius 1 is 1.42 bits per heavy atom. The van der Waals surface area contributed by atoms with E-state index in [1.54, 1.807) is 0 Å². The van der Waals surface area contributed by atoms with Crippen LogP contribution in [0.1, 0.15) is 25.7 Å². The number of aromatic nitrogens is 2. The monoisotopic (exact) mass is 365 g/mol. The number of carbonyl (C=O) groups excluding carboxylic acids is 1. The summed E-state index contributed by atoms with van der Waals surface area (Å²) in [6.07, 6.45) is 4.76. The van der Waals surface area contributed by atoms with Crippen LogP contribution in [0.3, 0.4) is 0 Å². The number of carbonyl (C=O) groups is 1. The maximum absolute atomic E-state index is 12.7. The summed E-state index contributed by atoms with van der Waals surface area (Å²) in [5.74, 6) is 0.579. The van der Waals surface area contributed by atoms with Crippen LogP contribution >= 0.6 is 23.4 Å². The van der Waals surface area contributed by atoms with Gasteiger partial charge in [-0.15, -0.1) is 0 Å². The molecule has 4 rings (SSSR count). The standard InChI is InChI=1S/C17H20ClN3O2S/c18-11-5-6-12-13(9-11)20-17(19-12)24-10-16(22)21-7-8-23-15-4-2-1-3-14(15)21/h5-6,9,14-15H,1-4,7-8,10H2,(H,19,20). The minimum atomic E-state index is 0.179. The number of nitrogens with zero attached hydrogens (tertiary/aromatic N) is 2. The Morgan fingerprint density at radius 2 is 2.29 bits per heavy atom. The van der Waals surface area contributed by atoms with Crippen LogP contribution in [0.5, 0.6) is 0 Å². The molecule has 1 amide bonds. The van der Waals surface area contributed by atoms with Gasteiger partial charge in [-0.1, -0.05) is 36.2 Å². The summed E-state index contributed by atoms with van der Waals surface area (Å²) in [5.41, 5.74) is 1.77. The Morgan fingerprint density at radius 3 is 3.21 bits per heavy atom. The summed E-state index contributed by atoms with van der Waals surface area (Å²) in [5, 5.41) is 1.43. The van der Waals surface area contributed by atoms with Gasteiger partial charge in [0.25, 0.3) is 0 Å². The van der Waals surface area contributed by atoms with Gasteiger partial charge in [-0.2, -0.15) is 0 Å². The lowest BCUT2D eigenvalue weighted by atomic mass is 9.90. The van der Waals surface area contributed by atoms with Crippen molar-refractivity contribution in [3.05, 3.63) is 23.2 Å². The minimum Gasteiger partial charge on any atom is -0.374 e. The molecule has 2 aliphatic rings. The third kappa shape index (κ3) is 3.27. The topological polar surface area (TPSA) is 58.2 Å². The Balaban J connectivity index is 1.41. The van der Waals surface area contributed by atoms with Gasteiger partial charge in [0.15, 0.2) is 5.16 Å². The number of halogens is 1. The lowest BCUT2D eigenvalue weighted by Gasteiger charge is -2.43. The molecule has 2 heterocycles.